The van der Waals surface area contributed by atoms with Crippen LogP contribution in [0.25, 0.3) is 0 Å². The minimum atomic E-state index is -0.428. The van der Waals surface area contributed by atoms with Gasteiger partial charge in [0.25, 0.3) is 0 Å². The highest BCUT2D eigenvalue weighted by Gasteiger charge is 2.40. The Morgan fingerprint density at radius 3 is 2.39 bits per heavy atom. The molecule has 0 radical (unpaired) electrons. The van der Waals surface area contributed by atoms with E-state index in [-0.39, 0.29) is 18.5 Å². The molecule has 1 aliphatic rings. The lowest BCUT2D eigenvalue weighted by Gasteiger charge is -2.38. The lowest BCUT2D eigenvalue weighted by molar-refractivity contribution is -0.00402. The van der Waals surface area contributed by atoms with E-state index in [1.807, 2.05) is 18.2 Å². The largest absolute Gasteiger partial charge is 0.438 e. The van der Waals surface area contributed by atoms with Crippen LogP contribution >= 0.6 is 12.4 Å². The molecule has 1 aromatic carbocycles. The van der Waals surface area contributed by atoms with Crippen molar-refractivity contribution in [1.29, 1.82) is 0 Å². The first-order valence-corrected chi connectivity index (χ1v) is 6.31. The number of halogens is 1. The minimum absolute atomic E-state index is 0. The highest BCUT2D eigenvalue weighted by molar-refractivity contribution is 5.88. The van der Waals surface area contributed by atoms with Crippen molar-refractivity contribution in [3.63, 3.8) is 0 Å². The second kappa shape index (κ2) is 6.10. The van der Waals surface area contributed by atoms with E-state index in [1.54, 1.807) is 0 Å². The number of fused-ring (bicyclic) bond motifs is 1. The van der Waals surface area contributed by atoms with Crippen molar-refractivity contribution >= 4 is 24.2 Å². The van der Waals surface area contributed by atoms with Gasteiger partial charge in [-0.1, -0.05) is 44.9 Å². The number of anilines is 1. The second-order valence-corrected chi connectivity index (χ2v) is 4.55. The molecular weight excluding hydrogens is 250 g/mol. The molecule has 1 amide bonds. The van der Waals surface area contributed by atoms with Crippen molar-refractivity contribution in [2.45, 2.75) is 45.1 Å². The Morgan fingerprint density at radius 2 is 1.78 bits per heavy atom. The number of para-hydroxylation sites is 1. The molecule has 0 saturated heterocycles. The van der Waals surface area contributed by atoms with Gasteiger partial charge < -0.3 is 4.74 Å². The summed E-state index contributed by atoms with van der Waals surface area (Å²) in [6.07, 6.45) is 3.44. The first kappa shape index (κ1) is 14.8. The van der Waals surface area contributed by atoms with E-state index in [0.717, 1.165) is 36.9 Å². The summed E-state index contributed by atoms with van der Waals surface area (Å²) in [5, 5.41) is 2.77. The Bertz CT molecular complexity index is 414. The van der Waals surface area contributed by atoms with Gasteiger partial charge in [-0.2, -0.15) is 0 Å². The summed E-state index contributed by atoms with van der Waals surface area (Å²) in [5.41, 5.74) is 1.58. The highest BCUT2D eigenvalue weighted by Crippen LogP contribution is 2.42. The maximum Gasteiger partial charge on any atom is 0.412 e. The molecule has 0 unspecified atom stereocenters. The standard InChI is InChI=1S/C14H19NO2.ClH/c1-3-9-14(10-4-2)11-7-5-6-8-12(11)15-13(16)17-14;/h5-8H,3-4,9-10H2,1-2H3,(H,15,16);1H. The molecule has 0 fully saturated rings. The maximum atomic E-state index is 11.7. The van der Waals surface area contributed by atoms with Crippen molar-refractivity contribution in [2.24, 2.45) is 0 Å². The van der Waals surface area contributed by atoms with E-state index < -0.39 is 5.60 Å². The summed E-state index contributed by atoms with van der Waals surface area (Å²) >= 11 is 0. The van der Waals surface area contributed by atoms with Gasteiger partial charge in [-0.05, 0) is 18.9 Å². The normalized spacial score (nSPS) is 16.0. The molecule has 1 aliphatic heterocycles. The van der Waals surface area contributed by atoms with E-state index in [2.05, 4.69) is 25.2 Å². The third-order valence-corrected chi connectivity index (χ3v) is 3.25. The Hall–Kier alpha value is -1.22. The average Bonchev–Trinajstić information content (AvgIpc) is 2.29. The number of hydrogen-bond donors (Lipinski definition) is 1. The fourth-order valence-corrected chi connectivity index (χ4v) is 2.66. The van der Waals surface area contributed by atoms with Crippen LogP contribution in [0, 0.1) is 0 Å². The van der Waals surface area contributed by atoms with Crippen molar-refractivity contribution < 1.29 is 9.53 Å². The maximum absolute atomic E-state index is 11.7. The van der Waals surface area contributed by atoms with E-state index in [1.165, 1.54) is 0 Å². The predicted octanol–water partition coefficient (Wildman–Crippen LogP) is 4.47. The highest BCUT2D eigenvalue weighted by atomic mass is 35.5. The van der Waals surface area contributed by atoms with Gasteiger partial charge in [0.15, 0.2) is 0 Å². The Balaban J connectivity index is 0.00000162. The molecule has 4 heteroatoms. The molecule has 18 heavy (non-hydrogen) atoms. The molecule has 0 bridgehead atoms. The van der Waals surface area contributed by atoms with Crippen LogP contribution in [-0.2, 0) is 10.3 Å². The van der Waals surface area contributed by atoms with Gasteiger partial charge in [0.2, 0.25) is 0 Å². The SMILES string of the molecule is CCCC1(CCC)OC(=O)Nc2ccccc21.Cl. The number of nitrogens with one attached hydrogen (secondary N) is 1. The molecule has 2 rings (SSSR count). The van der Waals surface area contributed by atoms with Gasteiger partial charge in [0, 0.05) is 5.56 Å². The van der Waals surface area contributed by atoms with E-state index in [9.17, 15) is 4.79 Å². The number of benzene rings is 1. The topological polar surface area (TPSA) is 38.3 Å². The van der Waals surface area contributed by atoms with E-state index in [4.69, 9.17) is 4.74 Å². The molecular formula is C14H20ClNO2. The molecule has 0 spiro atoms. The van der Waals surface area contributed by atoms with Crippen LogP contribution in [0.3, 0.4) is 0 Å². The average molecular weight is 270 g/mol. The minimum Gasteiger partial charge on any atom is -0.438 e. The van der Waals surface area contributed by atoms with Gasteiger partial charge in [-0.3, -0.25) is 5.32 Å². The van der Waals surface area contributed by atoms with Gasteiger partial charge in [0.05, 0.1) is 5.69 Å². The number of carbonyl (C=O) groups excluding carboxylic acids is 1. The lowest BCUT2D eigenvalue weighted by atomic mass is 9.83. The van der Waals surface area contributed by atoms with Crippen LogP contribution in [-0.4, -0.2) is 6.09 Å². The zero-order valence-corrected chi connectivity index (χ0v) is 11.7. The van der Waals surface area contributed by atoms with Crippen molar-refractivity contribution in [2.75, 3.05) is 5.32 Å². The smallest absolute Gasteiger partial charge is 0.412 e. The lowest BCUT2D eigenvalue weighted by Crippen LogP contribution is -2.39. The van der Waals surface area contributed by atoms with Gasteiger partial charge in [-0.25, -0.2) is 4.79 Å². The molecule has 0 aliphatic carbocycles. The summed E-state index contributed by atoms with van der Waals surface area (Å²) in [4.78, 5) is 11.7. The van der Waals surface area contributed by atoms with E-state index >= 15 is 0 Å². The van der Waals surface area contributed by atoms with Gasteiger partial charge >= 0.3 is 6.09 Å². The molecule has 1 aromatic rings. The number of hydrogen-bond acceptors (Lipinski definition) is 2. The molecule has 0 aromatic heterocycles. The fourth-order valence-electron chi connectivity index (χ4n) is 2.66. The van der Waals surface area contributed by atoms with Crippen molar-refractivity contribution in [1.82, 2.24) is 0 Å². The van der Waals surface area contributed by atoms with Crippen LogP contribution in [0.2, 0.25) is 0 Å². The summed E-state index contributed by atoms with van der Waals surface area (Å²) < 4.78 is 5.63. The molecule has 1 heterocycles. The summed E-state index contributed by atoms with van der Waals surface area (Å²) in [5.74, 6) is 0. The molecule has 0 atom stereocenters. The first-order chi connectivity index (χ1) is 8.22. The molecule has 3 nitrogen and oxygen atoms in total. The zero-order valence-electron chi connectivity index (χ0n) is 10.9. The molecule has 1 N–H and O–H groups in total. The number of ether oxygens (including phenoxy) is 1. The van der Waals surface area contributed by atoms with Crippen molar-refractivity contribution in [3.05, 3.63) is 29.8 Å². The molecule has 100 valence electrons. The van der Waals surface area contributed by atoms with Crippen LogP contribution in [0.4, 0.5) is 10.5 Å². The Morgan fingerprint density at radius 1 is 1.17 bits per heavy atom. The quantitative estimate of drug-likeness (QED) is 0.876. The number of rotatable bonds is 4. The molecule has 0 saturated carbocycles. The number of cyclic esters (lactones) is 1. The van der Waals surface area contributed by atoms with Gasteiger partial charge in [0.1, 0.15) is 5.60 Å². The summed E-state index contributed by atoms with van der Waals surface area (Å²) in [6.45, 7) is 4.24. The zero-order chi connectivity index (χ0) is 12.3. The van der Waals surface area contributed by atoms with Crippen LogP contribution in [0.15, 0.2) is 24.3 Å². The Kier molecular flexibility index (Phi) is 5.03. The third kappa shape index (κ3) is 2.61. The van der Waals surface area contributed by atoms with Gasteiger partial charge in [-0.15, -0.1) is 12.4 Å². The van der Waals surface area contributed by atoms with Crippen LogP contribution < -0.4 is 5.32 Å². The van der Waals surface area contributed by atoms with Crippen LogP contribution in [0.1, 0.15) is 45.1 Å². The first-order valence-electron chi connectivity index (χ1n) is 6.31. The number of carbonyl (C=O) groups is 1. The monoisotopic (exact) mass is 269 g/mol. The predicted molar refractivity (Wildman–Crippen MR) is 75.3 cm³/mol. The second-order valence-electron chi connectivity index (χ2n) is 4.55. The summed E-state index contributed by atoms with van der Waals surface area (Å²) in [7, 11) is 0. The fraction of sp³-hybridized carbons (Fsp3) is 0.500. The summed E-state index contributed by atoms with van der Waals surface area (Å²) in [6, 6.07) is 7.93. The Labute approximate surface area is 114 Å². The van der Waals surface area contributed by atoms with E-state index in [0.29, 0.717) is 0 Å². The third-order valence-electron chi connectivity index (χ3n) is 3.25. The number of amides is 1. The van der Waals surface area contributed by atoms with Crippen LogP contribution in [0.5, 0.6) is 0 Å². The van der Waals surface area contributed by atoms with Crippen molar-refractivity contribution in [3.8, 4) is 0 Å².